The third-order valence-corrected chi connectivity index (χ3v) is 20.2. The van der Waals surface area contributed by atoms with Gasteiger partial charge in [-0.2, -0.15) is 0 Å². The Morgan fingerprint density at radius 1 is 0.522 bits per heavy atom. The Morgan fingerprint density at radius 3 is 1.33 bits per heavy atom. The molecule has 4 atom stereocenters. The fourth-order valence-corrected chi connectivity index (χ4v) is 22.5. The number of pyridine rings is 2. The molecular weight excluding hydrogens is 594 g/mol. The van der Waals surface area contributed by atoms with Gasteiger partial charge in [0.25, 0.3) is 0 Å². The SMILES string of the molecule is CC12CC3CC(C)(C1)CC(P(Cc1ccccc1CP(c1ccccn1)c1ccccn1)C14CC5CC(C)(CC(C)(C5)C1)C4)(C3)C2. The molecule has 0 radical (unpaired) electrons. The van der Waals surface area contributed by atoms with Crippen LogP contribution in [0.15, 0.2) is 73.1 Å². The van der Waals surface area contributed by atoms with Gasteiger partial charge in [0.2, 0.25) is 0 Å². The van der Waals surface area contributed by atoms with Crippen molar-refractivity contribution in [3.63, 3.8) is 0 Å². The minimum atomic E-state index is -0.670. The molecule has 2 heterocycles. The standard InChI is InChI=1S/C42H54N2P2/c1-37-17-31-18-38(2,25-37)28-41(21-31,27-37)46(42-22-32-19-39(3,29-42)26-40(4,20-32)30-42)24-34-12-6-5-11-33(34)23-45(35-13-7-9-15-43-35)36-14-8-10-16-44-36/h5-16,31-32H,17-30H2,1-4H3. The molecular formula is C42H54N2P2. The lowest BCUT2D eigenvalue weighted by Crippen LogP contribution is -2.63. The van der Waals surface area contributed by atoms with E-state index >= 15 is 0 Å². The summed E-state index contributed by atoms with van der Waals surface area (Å²) >= 11 is 0. The van der Waals surface area contributed by atoms with E-state index in [4.69, 9.17) is 9.97 Å². The number of aromatic nitrogens is 2. The number of rotatable bonds is 8. The van der Waals surface area contributed by atoms with Crippen molar-refractivity contribution in [3.8, 4) is 0 Å². The summed E-state index contributed by atoms with van der Waals surface area (Å²) in [6.45, 7) is 10.9. The topological polar surface area (TPSA) is 25.8 Å². The summed E-state index contributed by atoms with van der Waals surface area (Å²) in [7, 11) is -0.857. The van der Waals surface area contributed by atoms with Crippen molar-refractivity contribution in [2.45, 2.75) is 127 Å². The van der Waals surface area contributed by atoms with Crippen LogP contribution in [0.5, 0.6) is 0 Å². The molecule has 1 aromatic carbocycles. The third kappa shape index (κ3) is 5.09. The maximum Gasteiger partial charge on any atom is 0.0695 e. The van der Waals surface area contributed by atoms with Crippen molar-refractivity contribution in [3.05, 3.63) is 84.2 Å². The molecule has 0 aliphatic heterocycles. The normalized spacial score (nSPS) is 42.5. The summed E-state index contributed by atoms with van der Waals surface area (Å²) in [6.07, 6.45) is 24.5. The molecule has 0 amide bonds. The Balaban J connectivity index is 1.15. The maximum absolute atomic E-state index is 4.92. The molecule has 8 saturated carbocycles. The van der Waals surface area contributed by atoms with Gasteiger partial charge in [0.1, 0.15) is 0 Å². The summed E-state index contributed by atoms with van der Waals surface area (Å²) in [5.41, 5.74) is 7.92. The van der Waals surface area contributed by atoms with Crippen molar-refractivity contribution in [2.75, 3.05) is 0 Å². The fourth-order valence-electron chi connectivity index (χ4n) is 14.7. The predicted octanol–water partition coefficient (Wildman–Crippen LogP) is 10.6. The van der Waals surface area contributed by atoms with Gasteiger partial charge in [-0.25, -0.2) is 0 Å². The van der Waals surface area contributed by atoms with E-state index in [2.05, 4.69) is 88.4 Å². The lowest BCUT2D eigenvalue weighted by Gasteiger charge is -2.73. The Morgan fingerprint density at radius 2 is 0.935 bits per heavy atom. The molecule has 242 valence electrons. The van der Waals surface area contributed by atoms with Gasteiger partial charge in [-0.3, -0.25) is 9.97 Å². The molecule has 0 spiro atoms. The van der Waals surface area contributed by atoms with Crippen molar-refractivity contribution in [1.82, 2.24) is 9.97 Å². The average Bonchev–Trinajstić information content (AvgIpc) is 2.96. The molecule has 8 aliphatic carbocycles. The number of hydrogen-bond donors (Lipinski definition) is 0. The maximum atomic E-state index is 4.92. The Bertz CT molecular complexity index is 1490. The Kier molecular flexibility index (Phi) is 6.91. The number of benzene rings is 1. The third-order valence-electron chi connectivity index (χ3n) is 14.0. The Hall–Kier alpha value is -1.62. The molecule has 2 nitrogen and oxygen atoms in total. The van der Waals surface area contributed by atoms with Crippen LogP contribution in [0, 0.1) is 33.5 Å². The zero-order valence-corrected chi connectivity index (χ0v) is 30.6. The molecule has 2 aromatic heterocycles. The molecule has 8 bridgehead atoms. The van der Waals surface area contributed by atoms with Crippen LogP contribution < -0.4 is 10.9 Å². The van der Waals surface area contributed by atoms with Crippen LogP contribution in [0.2, 0.25) is 0 Å². The van der Waals surface area contributed by atoms with Crippen LogP contribution in [0.4, 0.5) is 0 Å². The second-order valence-electron chi connectivity index (χ2n) is 19.0. The van der Waals surface area contributed by atoms with E-state index in [1.807, 2.05) is 12.4 Å². The van der Waals surface area contributed by atoms with E-state index in [-0.39, 0.29) is 7.92 Å². The quantitative estimate of drug-likeness (QED) is 0.227. The first-order chi connectivity index (χ1) is 22.0. The first-order valence-corrected chi connectivity index (χ1v) is 21.5. The molecule has 3 aromatic rings. The average molecular weight is 649 g/mol. The minimum absolute atomic E-state index is 0.186. The number of nitrogens with zero attached hydrogens (tertiary/aromatic N) is 2. The molecule has 0 N–H and O–H groups in total. The van der Waals surface area contributed by atoms with Crippen molar-refractivity contribution in [1.29, 1.82) is 0 Å². The first kappa shape index (κ1) is 30.4. The second-order valence-corrected chi connectivity index (χ2v) is 24.2. The molecule has 8 aliphatic rings. The molecule has 0 saturated heterocycles. The molecule has 46 heavy (non-hydrogen) atoms. The van der Waals surface area contributed by atoms with Gasteiger partial charge >= 0.3 is 0 Å². The highest BCUT2D eigenvalue weighted by Crippen LogP contribution is 2.84. The lowest BCUT2D eigenvalue weighted by molar-refractivity contribution is -0.0922. The molecule has 4 heteroatoms. The summed E-state index contributed by atoms with van der Waals surface area (Å²) in [4.78, 5) is 9.84. The van der Waals surface area contributed by atoms with Crippen LogP contribution in [0.1, 0.15) is 116 Å². The van der Waals surface area contributed by atoms with Crippen LogP contribution in [-0.2, 0) is 12.3 Å². The number of hydrogen-bond acceptors (Lipinski definition) is 2. The second kappa shape index (κ2) is 10.4. The first-order valence-electron chi connectivity index (χ1n) is 18.4. The van der Waals surface area contributed by atoms with E-state index in [0.717, 1.165) is 18.0 Å². The molecule has 8 fully saturated rings. The van der Waals surface area contributed by atoms with E-state index in [0.29, 0.717) is 32.0 Å². The van der Waals surface area contributed by atoms with Gasteiger partial charge in [0, 0.05) is 26.5 Å². The van der Waals surface area contributed by atoms with Gasteiger partial charge in [-0.05, 0) is 162 Å². The van der Waals surface area contributed by atoms with Gasteiger partial charge in [0.15, 0.2) is 0 Å². The zero-order chi connectivity index (χ0) is 31.4. The van der Waals surface area contributed by atoms with E-state index in [9.17, 15) is 0 Å². The summed E-state index contributed by atoms with van der Waals surface area (Å²) in [5.74, 6) is 1.93. The summed E-state index contributed by atoms with van der Waals surface area (Å²) in [6, 6.07) is 22.6. The van der Waals surface area contributed by atoms with E-state index in [1.165, 1.54) is 81.2 Å². The molecule has 4 unspecified atom stereocenters. The summed E-state index contributed by atoms with van der Waals surface area (Å²) in [5, 5.41) is 1.13. The van der Waals surface area contributed by atoms with E-state index in [1.54, 1.807) is 24.0 Å². The van der Waals surface area contributed by atoms with Gasteiger partial charge in [0.05, 0.1) is 10.9 Å². The highest BCUT2D eigenvalue weighted by atomic mass is 31.1. The Labute approximate surface area is 280 Å². The lowest BCUT2D eigenvalue weighted by atomic mass is 9.44. The zero-order valence-electron chi connectivity index (χ0n) is 28.8. The predicted molar refractivity (Wildman–Crippen MR) is 196 cm³/mol. The van der Waals surface area contributed by atoms with Crippen LogP contribution in [-0.4, -0.2) is 20.3 Å². The molecule has 11 rings (SSSR count). The highest BCUT2D eigenvalue weighted by Gasteiger charge is 2.69. The summed E-state index contributed by atoms with van der Waals surface area (Å²) < 4.78 is 0. The van der Waals surface area contributed by atoms with Gasteiger partial charge in [-0.15, -0.1) is 0 Å². The van der Waals surface area contributed by atoms with Gasteiger partial charge in [-0.1, -0.05) is 72.0 Å². The smallest absolute Gasteiger partial charge is 0.0695 e. The van der Waals surface area contributed by atoms with Crippen LogP contribution >= 0.6 is 15.8 Å². The highest BCUT2D eigenvalue weighted by molar-refractivity contribution is 7.71. The van der Waals surface area contributed by atoms with Crippen molar-refractivity contribution < 1.29 is 0 Å². The fraction of sp³-hybridized carbons (Fsp3) is 0.619. The van der Waals surface area contributed by atoms with Gasteiger partial charge < -0.3 is 0 Å². The van der Waals surface area contributed by atoms with Crippen molar-refractivity contribution in [2.24, 2.45) is 33.5 Å². The van der Waals surface area contributed by atoms with Crippen molar-refractivity contribution >= 4 is 26.7 Å². The van der Waals surface area contributed by atoms with E-state index < -0.39 is 7.92 Å². The van der Waals surface area contributed by atoms with Crippen LogP contribution in [0.3, 0.4) is 0 Å². The monoisotopic (exact) mass is 648 g/mol. The minimum Gasteiger partial charge on any atom is -0.256 e. The largest absolute Gasteiger partial charge is 0.256 e. The van der Waals surface area contributed by atoms with Crippen LogP contribution in [0.25, 0.3) is 0 Å².